The van der Waals surface area contributed by atoms with Crippen LogP contribution in [0.15, 0.2) is 113 Å². The normalized spacial score (nSPS) is 11.3. The second kappa shape index (κ2) is 11.1. The molecule has 1 heterocycles. The summed E-state index contributed by atoms with van der Waals surface area (Å²) in [5.74, 6) is 0.646. The van der Waals surface area contributed by atoms with Gasteiger partial charge in [0, 0.05) is 12.2 Å². The number of anilines is 2. The van der Waals surface area contributed by atoms with Crippen molar-refractivity contribution in [1.29, 1.82) is 0 Å². The molecular weight excluding hydrogens is 534 g/mol. The van der Waals surface area contributed by atoms with Crippen molar-refractivity contribution in [1.82, 2.24) is 4.57 Å². The fourth-order valence-electron chi connectivity index (χ4n) is 4.11. The van der Waals surface area contributed by atoms with Crippen molar-refractivity contribution in [2.45, 2.75) is 18.4 Å². The van der Waals surface area contributed by atoms with Crippen molar-refractivity contribution in [2.75, 3.05) is 16.2 Å². The molecule has 39 heavy (non-hydrogen) atoms. The SMILES string of the molecule is CCn1c(=O)sc2cc(NC(=O)CN(c3ccc(Oc4ccccc4)cc3)S(=O)(=O)c3ccccc3)ccc21. The first-order valence-electron chi connectivity index (χ1n) is 12.2. The van der Waals surface area contributed by atoms with Crippen molar-refractivity contribution in [3.8, 4) is 11.5 Å². The van der Waals surface area contributed by atoms with Gasteiger partial charge in [-0.2, -0.15) is 0 Å². The second-order valence-electron chi connectivity index (χ2n) is 8.58. The highest BCUT2D eigenvalue weighted by atomic mass is 32.2. The Labute approximate surface area is 229 Å². The quantitative estimate of drug-likeness (QED) is 0.250. The molecule has 1 N–H and O–H groups in total. The minimum absolute atomic E-state index is 0.0644. The van der Waals surface area contributed by atoms with E-state index in [0.717, 1.165) is 25.9 Å². The summed E-state index contributed by atoms with van der Waals surface area (Å²) in [6.07, 6.45) is 0. The number of ether oxygens (including phenoxy) is 1. The minimum Gasteiger partial charge on any atom is -0.457 e. The molecule has 0 aliphatic heterocycles. The Balaban J connectivity index is 1.42. The van der Waals surface area contributed by atoms with E-state index in [4.69, 9.17) is 4.74 Å². The molecule has 8 nitrogen and oxygen atoms in total. The number of nitrogens with one attached hydrogen (secondary N) is 1. The standard InChI is InChI=1S/C29H25N3O5S2/c1-2-31-26-18-13-21(19-27(26)38-29(31)34)30-28(33)20-32(39(35,36)25-11-7-4-8-12-25)22-14-16-24(17-15-22)37-23-9-5-3-6-10-23/h3-19H,2,20H2,1H3,(H,30,33). The number of nitrogens with zero attached hydrogens (tertiary/aromatic N) is 2. The highest BCUT2D eigenvalue weighted by Gasteiger charge is 2.27. The number of hydrogen-bond donors (Lipinski definition) is 1. The molecule has 10 heteroatoms. The first-order chi connectivity index (χ1) is 18.8. The second-order valence-corrected chi connectivity index (χ2v) is 11.4. The maximum Gasteiger partial charge on any atom is 0.308 e. The zero-order valence-electron chi connectivity index (χ0n) is 21.0. The molecular formula is C29H25N3O5S2. The van der Waals surface area contributed by atoms with Crippen LogP contribution in [0.4, 0.5) is 11.4 Å². The van der Waals surface area contributed by atoms with Crippen LogP contribution in [-0.4, -0.2) is 25.4 Å². The van der Waals surface area contributed by atoms with Gasteiger partial charge in [0.1, 0.15) is 18.0 Å². The maximum absolute atomic E-state index is 13.6. The fourth-order valence-corrected chi connectivity index (χ4v) is 6.55. The smallest absolute Gasteiger partial charge is 0.308 e. The van der Waals surface area contributed by atoms with Crippen LogP contribution in [0.2, 0.25) is 0 Å². The summed E-state index contributed by atoms with van der Waals surface area (Å²) in [4.78, 5) is 25.3. The van der Waals surface area contributed by atoms with Gasteiger partial charge < -0.3 is 10.1 Å². The summed E-state index contributed by atoms with van der Waals surface area (Å²) in [7, 11) is -4.06. The third-order valence-corrected chi connectivity index (χ3v) is 8.72. The van der Waals surface area contributed by atoms with Crippen LogP contribution in [0.25, 0.3) is 10.2 Å². The zero-order chi connectivity index (χ0) is 27.4. The maximum atomic E-state index is 13.6. The number of amides is 1. The van der Waals surface area contributed by atoms with Gasteiger partial charge in [-0.1, -0.05) is 47.7 Å². The van der Waals surface area contributed by atoms with E-state index in [1.807, 2.05) is 37.3 Å². The number of thiazole rings is 1. The minimum atomic E-state index is -4.06. The predicted octanol–water partition coefficient (Wildman–Crippen LogP) is 5.71. The Morgan fingerprint density at radius 3 is 2.21 bits per heavy atom. The zero-order valence-corrected chi connectivity index (χ0v) is 22.6. The van der Waals surface area contributed by atoms with Crippen LogP contribution >= 0.6 is 11.3 Å². The summed E-state index contributed by atoms with van der Waals surface area (Å²) in [5.41, 5.74) is 1.57. The molecule has 1 aromatic heterocycles. The summed E-state index contributed by atoms with van der Waals surface area (Å²) in [6, 6.07) is 28.9. The van der Waals surface area contributed by atoms with Crippen molar-refractivity contribution < 1.29 is 17.9 Å². The topological polar surface area (TPSA) is 97.7 Å². The number of aryl methyl sites for hydroxylation is 1. The van der Waals surface area contributed by atoms with Crippen molar-refractivity contribution in [3.05, 3.63) is 113 Å². The van der Waals surface area contributed by atoms with E-state index in [2.05, 4.69) is 5.32 Å². The molecule has 0 atom stereocenters. The summed E-state index contributed by atoms with van der Waals surface area (Å²) < 4.78 is 36.5. The average Bonchev–Trinajstić information content (AvgIpc) is 3.27. The molecule has 0 saturated heterocycles. The van der Waals surface area contributed by atoms with Crippen molar-refractivity contribution in [3.63, 3.8) is 0 Å². The molecule has 0 spiro atoms. The molecule has 0 aliphatic rings. The first-order valence-corrected chi connectivity index (χ1v) is 14.4. The first kappa shape index (κ1) is 26.2. The number of rotatable bonds is 9. The molecule has 0 saturated carbocycles. The molecule has 5 rings (SSSR count). The van der Waals surface area contributed by atoms with Gasteiger partial charge in [0.25, 0.3) is 10.0 Å². The summed E-state index contributed by atoms with van der Waals surface area (Å²) >= 11 is 1.10. The van der Waals surface area contributed by atoms with Gasteiger partial charge in [-0.3, -0.25) is 18.5 Å². The van der Waals surface area contributed by atoms with Crippen LogP contribution in [0.3, 0.4) is 0 Å². The van der Waals surface area contributed by atoms with Gasteiger partial charge in [-0.25, -0.2) is 8.42 Å². The van der Waals surface area contributed by atoms with Gasteiger partial charge in [0.15, 0.2) is 0 Å². The fraction of sp³-hybridized carbons (Fsp3) is 0.103. The van der Waals surface area contributed by atoms with Gasteiger partial charge in [0.05, 0.1) is 20.8 Å². The van der Waals surface area contributed by atoms with Gasteiger partial charge in [-0.15, -0.1) is 0 Å². The Hall–Kier alpha value is -4.41. The molecule has 1 amide bonds. The van der Waals surface area contributed by atoms with E-state index in [-0.39, 0.29) is 9.77 Å². The van der Waals surface area contributed by atoms with E-state index in [0.29, 0.717) is 29.4 Å². The Morgan fingerprint density at radius 2 is 1.54 bits per heavy atom. The van der Waals surface area contributed by atoms with Crippen LogP contribution in [-0.2, 0) is 21.4 Å². The third-order valence-electron chi connectivity index (χ3n) is 5.99. The number of aromatic nitrogens is 1. The van der Waals surface area contributed by atoms with Crippen molar-refractivity contribution in [2.24, 2.45) is 0 Å². The third kappa shape index (κ3) is 5.71. The molecule has 0 unspecified atom stereocenters. The van der Waals surface area contributed by atoms with Crippen LogP contribution < -0.4 is 19.2 Å². The van der Waals surface area contributed by atoms with Gasteiger partial charge in [0.2, 0.25) is 5.91 Å². The van der Waals surface area contributed by atoms with Crippen LogP contribution in [0.5, 0.6) is 11.5 Å². The van der Waals surface area contributed by atoms with Gasteiger partial charge >= 0.3 is 4.87 Å². The molecule has 0 radical (unpaired) electrons. The largest absolute Gasteiger partial charge is 0.457 e. The lowest BCUT2D eigenvalue weighted by Gasteiger charge is -2.24. The number of benzene rings is 4. The van der Waals surface area contributed by atoms with E-state index in [9.17, 15) is 18.0 Å². The van der Waals surface area contributed by atoms with Crippen molar-refractivity contribution >= 4 is 48.9 Å². The Morgan fingerprint density at radius 1 is 0.897 bits per heavy atom. The van der Waals surface area contributed by atoms with Gasteiger partial charge in [-0.05, 0) is 73.7 Å². The Kier molecular flexibility index (Phi) is 7.49. The molecule has 198 valence electrons. The number of fused-ring (bicyclic) bond motifs is 1. The Bertz CT molecular complexity index is 1770. The highest BCUT2D eigenvalue weighted by Crippen LogP contribution is 2.28. The molecule has 0 bridgehead atoms. The summed E-state index contributed by atoms with van der Waals surface area (Å²) in [6.45, 7) is 1.98. The number of hydrogen-bond acceptors (Lipinski definition) is 6. The van der Waals surface area contributed by atoms with Crippen LogP contribution in [0.1, 0.15) is 6.92 Å². The lowest BCUT2D eigenvalue weighted by molar-refractivity contribution is -0.114. The highest BCUT2D eigenvalue weighted by molar-refractivity contribution is 7.92. The monoisotopic (exact) mass is 559 g/mol. The summed E-state index contributed by atoms with van der Waals surface area (Å²) in [5, 5.41) is 2.77. The van der Waals surface area contributed by atoms with E-state index in [1.54, 1.807) is 65.2 Å². The predicted molar refractivity (Wildman–Crippen MR) is 154 cm³/mol. The lowest BCUT2D eigenvalue weighted by atomic mass is 10.2. The lowest BCUT2D eigenvalue weighted by Crippen LogP contribution is -2.38. The number of carbonyl (C=O) groups is 1. The molecule has 0 fully saturated rings. The number of para-hydroxylation sites is 1. The van der Waals surface area contributed by atoms with E-state index < -0.39 is 22.5 Å². The average molecular weight is 560 g/mol. The number of sulfonamides is 1. The van der Waals surface area contributed by atoms with E-state index in [1.165, 1.54) is 12.1 Å². The number of carbonyl (C=O) groups excluding carboxylic acids is 1. The van der Waals surface area contributed by atoms with Crippen LogP contribution in [0, 0.1) is 0 Å². The van der Waals surface area contributed by atoms with E-state index >= 15 is 0 Å². The molecule has 0 aliphatic carbocycles. The molecule has 4 aromatic carbocycles. The molecule has 5 aromatic rings.